The van der Waals surface area contributed by atoms with E-state index in [0.29, 0.717) is 21.8 Å². The molecule has 178 valence electrons. The van der Waals surface area contributed by atoms with Crippen molar-refractivity contribution in [1.29, 1.82) is 0 Å². The predicted molar refractivity (Wildman–Crippen MR) is 118 cm³/mol. The molecule has 0 aliphatic rings. The molecule has 4 aromatic rings. The van der Waals surface area contributed by atoms with Crippen LogP contribution >= 0.6 is 11.3 Å². The summed E-state index contributed by atoms with van der Waals surface area (Å²) < 4.78 is 47.3. The van der Waals surface area contributed by atoms with Crippen molar-refractivity contribution in [2.45, 2.75) is 39.5 Å². The molecular weight excluding hydrogens is 471 g/mol. The SMILES string of the molecule is Cc1nc(C)c(-c2nnc(-c3cc(C(F)(F)F)nn3-c3cccc(CNC(=O)[C@H](C)N)c3)o2)s1. The Kier molecular flexibility index (Phi) is 6.23. The molecule has 0 fully saturated rings. The fraction of sp³-hybridized carbons (Fsp3) is 0.286. The van der Waals surface area contributed by atoms with E-state index in [2.05, 4.69) is 25.6 Å². The monoisotopic (exact) mass is 491 g/mol. The molecule has 3 heterocycles. The van der Waals surface area contributed by atoms with E-state index < -0.39 is 17.9 Å². The van der Waals surface area contributed by atoms with E-state index in [1.54, 1.807) is 38.1 Å². The molecule has 1 atom stereocenters. The fourth-order valence-electron chi connectivity index (χ4n) is 3.17. The average molecular weight is 491 g/mol. The second-order valence-corrected chi connectivity index (χ2v) is 8.76. The van der Waals surface area contributed by atoms with Crippen molar-refractivity contribution in [3.8, 4) is 28.0 Å². The van der Waals surface area contributed by atoms with E-state index in [9.17, 15) is 18.0 Å². The Morgan fingerprint density at radius 1 is 1.24 bits per heavy atom. The normalized spacial score (nSPS) is 12.7. The first kappa shape index (κ1) is 23.6. The fourth-order valence-corrected chi connectivity index (χ4v) is 4.01. The number of halogens is 3. The summed E-state index contributed by atoms with van der Waals surface area (Å²) >= 11 is 1.34. The van der Waals surface area contributed by atoms with Crippen molar-refractivity contribution in [2.75, 3.05) is 0 Å². The molecule has 0 saturated carbocycles. The van der Waals surface area contributed by atoms with Crippen molar-refractivity contribution in [1.82, 2.24) is 30.3 Å². The predicted octanol–water partition coefficient (Wildman–Crippen LogP) is 3.64. The molecule has 0 aliphatic heterocycles. The quantitative estimate of drug-likeness (QED) is 0.422. The van der Waals surface area contributed by atoms with E-state index in [4.69, 9.17) is 10.2 Å². The zero-order chi connectivity index (χ0) is 24.6. The molecule has 3 aromatic heterocycles. The van der Waals surface area contributed by atoms with Gasteiger partial charge in [0, 0.05) is 12.6 Å². The van der Waals surface area contributed by atoms with Crippen molar-refractivity contribution < 1.29 is 22.4 Å². The van der Waals surface area contributed by atoms with E-state index in [0.717, 1.165) is 15.8 Å². The number of nitrogens with two attached hydrogens (primary N) is 1. The Morgan fingerprint density at radius 2 is 1.97 bits per heavy atom. The standard InChI is InChI=1S/C21H20F3N7O2S/c1-10(25)18(32)26-9-13-5-4-6-14(7-13)31-15(8-16(30-31)21(22,23)24)19-28-29-20(33-19)17-11(2)27-12(3)34-17/h4-8,10H,9,25H2,1-3H3,(H,26,32)/t10-/m0/s1. The number of thiazole rings is 1. The van der Waals surface area contributed by atoms with Gasteiger partial charge in [-0.25, -0.2) is 9.67 Å². The number of aromatic nitrogens is 5. The number of alkyl halides is 3. The molecule has 3 N–H and O–H groups in total. The molecule has 1 aromatic carbocycles. The lowest BCUT2D eigenvalue weighted by Gasteiger charge is -2.10. The molecule has 0 saturated heterocycles. The maximum Gasteiger partial charge on any atom is 0.435 e. The number of rotatable bonds is 6. The van der Waals surface area contributed by atoms with Gasteiger partial charge >= 0.3 is 6.18 Å². The summed E-state index contributed by atoms with van der Waals surface area (Å²) in [6.07, 6.45) is -4.68. The van der Waals surface area contributed by atoms with Crippen molar-refractivity contribution >= 4 is 17.2 Å². The van der Waals surface area contributed by atoms with Gasteiger partial charge in [-0.2, -0.15) is 18.3 Å². The minimum Gasteiger partial charge on any atom is -0.414 e. The van der Waals surface area contributed by atoms with Crippen LogP contribution in [0.25, 0.3) is 28.0 Å². The number of carbonyl (C=O) groups is 1. The third-order valence-corrected chi connectivity index (χ3v) is 5.84. The number of hydrogen-bond acceptors (Lipinski definition) is 8. The first-order valence-electron chi connectivity index (χ1n) is 10.1. The van der Waals surface area contributed by atoms with Crippen molar-refractivity contribution in [3.63, 3.8) is 0 Å². The smallest absolute Gasteiger partial charge is 0.414 e. The summed E-state index contributed by atoms with van der Waals surface area (Å²) in [5.41, 5.74) is 6.06. The summed E-state index contributed by atoms with van der Waals surface area (Å²) in [5, 5.41) is 15.2. The third-order valence-electron chi connectivity index (χ3n) is 4.78. The molecule has 1 amide bonds. The van der Waals surface area contributed by atoms with Gasteiger partial charge in [0.1, 0.15) is 10.6 Å². The summed E-state index contributed by atoms with van der Waals surface area (Å²) in [6, 6.07) is 6.72. The number of nitrogens with one attached hydrogen (secondary N) is 1. The average Bonchev–Trinajstić information content (AvgIpc) is 3.49. The number of hydrogen-bond donors (Lipinski definition) is 2. The number of benzene rings is 1. The van der Waals surface area contributed by atoms with E-state index >= 15 is 0 Å². The van der Waals surface area contributed by atoms with Crippen LogP contribution in [-0.4, -0.2) is 36.9 Å². The van der Waals surface area contributed by atoms with E-state index in [-0.39, 0.29) is 29.9 Å². The molecule has 0 aliphatic carbocycles. The van der Waals surface area contributed by atoms with Gasteiger partial charge in [0.2, 0.25) is 5.91 Å². The van der Waals surface area contributed by atoms with Gasteiger partial charge in [-0.1, -0.05) is 12.1 Å². The summed E-state index contributed by atoms with van der Waals surface area (Å²) in [6.45, 7) is 5.30. The maximum absolute atomic E-state index is 13.5. The van der Waals surface area contributed by atoms with Crippen LogP contribution in [0.3, 0.4) is 0 Å². The van der Waals surface area contributed by atoms with Crippen molar-refractivity contribution in [2.24, 2.45) is 5.73 Å². The van der Waals surface area contributed by atoms with Crippen LogP contribution in [0, 0.1) is 13.8 Å². The molecule has 4 rings (SSSR count). The van der Waals surface area contributed by atoms with Crippen LogP contribution in [0.15, 0.2) is 34.7 Å². The lowest BCUT2D eigenvalue weighted by atomic mass is 10.2. The Bertz CT molecular complexity index is 1340. The van der Waals surface area contributed by atoms with Crippen LogP contribution < -0.4 is 11.1 Å². The Labute approximate surface area is 195 Å². The number of amides is 1. The van der Waals surface area contributed by atoms with Gasteiger partial charge in [0.25, 0.3) is 11.8 Å². The first-order valence-corrected chi connectivity index (χ1v) is 10.9. The topological polar surface area (TPSA) is 125 Å². The van der Waals surface area contributed by atoms with Crippen LogP contribution in [0.1, 0.15) is 28.9 Å². The summed E-state index contributed by atoms with van der Waals surface area (Å²) in [7, 11) is 0. The Hall–Kier alpha value is -3.58. The van der Waals surface area contributed by atoms with Crippen LogP contribution in [0.5, 0.6) is 0 Å². The highest BCUT2D eigenvalue weighted by molar-refractivity contribution is 7.15. The zero-order valence-corrected chi connectivity index (χ0v) is 19.2. The summed E-state index contributed by atoms with van der Waals surface area (Å²) in [4.78, 5) is 16.7. The third kappa shape index (κ3) is 4.84. The summed E-state index contributed by atoms with van der Waals surface area (Å²) in [5.74, 6) is -0.317. The molecule has 34 heavy (non-hydrogen) atoms. The number of aryl methyl sites for hydroxylation is 2. The molecule has 0 unspecified atom stereocenters. The Morgan fingerprint density at radius 3 is 2.62 bits per heavy atom. The number of carbonyl (C=O) groups excluding carboxylic acids is 1. The van der Waals surface area contributed by atoms with E-state index in [1.807, 2.05) is 6.92 Å². The second-order valence-electron chi connectivity index (χ2n) is 7.56. The molecule has 13 heteroatoms. The van der Waals surface area contributed by atoms with E-state index in [1.165, 1.54) is 11.3 Å². The van der Waals surface area contributed by atoms with Gasteiger partial charge in [-0.05, 0) is 38.5 Å². The van der Waals surface area contributed by atoms with Crippen LogP contribution in [0.4, 0.5) is 13.2 Å². The molecule has 9 nitrogen and oxygen atoms in total. The maximum atomic E-state index is 13.5. The highest BCUT2D eigenvalue weighted by Crippen LogP contribution is 2.35. The van der Waals surface area contributed by atoms with Gasteiger partial charge < -0.3 is 15.5 Å². The lowest BCUT2D eigenvalue weighted by molar-refractivity contribution is -0.141. The largest absolute Gasteiger partial charge is 0.435 e. The molecule has 0 radical (unpaired) electrons. The molecule has 0 spiro atoms. The van der Waals surface area contributed by atoms with Gasteiger partial charge in [-0.3, -0.25) is 4.79 Å². The van der Waals surface area contributed by atoms with Gasteiger partial charge in [-0.15, -0.1) is 21.5 Å². The van der Waals surface area contributed by atoms with Gasteiger partial charge in [0.15, 0.2) is 5.69 Å². The lowest BCUT2D eigenvalue weighted by Crippen LogP contribution is -2.37. The molecular formula is C21H20F3N7O2S. The zero-order valence-electron chi connectivity index (χ0n) is 18.3. The number of nitrogens with zero attached hydrogens (tertiary/aromatic N) is 5. The van der Waals surface area contributed by atoms with Crippen molar-refractivity contribution in [3.05, 3.63) is 52.3 Å². The highest BCUT2D eigenvalue weighted by atomic mass is 32.1. The van der Waals surface area contributed by atoms with Crippen LogP contribution in [-0.2, 0) is 17.5 Å². The highest BCUT2D eigenvalue weighted by Gasteiger charge is 2.36. The minimum absolute atomic E-state index is 0.0262. The minimum atomic E-state index is -4.68. The second kappa shape index (κ2) is 8.99. The first-order chi connectivity index (χ1) is 16.0. The molecule has 0 bridgehead atoms. The van der Waals surface area contributed by atoms with Crippen LogP contribution in [0.2, 0.25) is 0 Å². The van der Waals surface area contributed by atoms with Gasteiger partial charge in [0.05, 0.1) is 22.4 Å². The Balaban J connectivity index is 1.74.